The molecule has 0 fully saturated rings. The number of nitrogens with zero attached hydrogens (tertiary/aromatic N) is 1. The van der Waals surface area contributed by atoms with E-state index in [1.807, 2.05) is 25.1 Å². The third-order valence-corrected chi connectivity index (χ3v) is 4.63. The van der Waals surface area contributed by atoms with Crippen LogP contribution in [0.25, 0.3) is 6.08 Å². The number of halogens is 1. The van der Waals surface area contributed by atoms with Gasteiger partial charge in [-0.15, -0.1) is 0 Å². The minimum atomic E-state index is -0.135. The number of ether oxygens (including phenoxy) is 4. The van der Waals surface area contributed by atoms with Gasteiger partial charge in [0.25, 0.3) is 0 Å². The smallest absolute Gasteiger partial charge is 0.246 e. The lowest BCUT2D eigenvalue weighted by Gasteiger charge is -2.15. The predicted molar refractivity (Wildman–Crippen MR) is 112 cm³/mol. The molecule has 0 saturated heterocycles. The first-order chi connectivity index (χ1) is 14.0. The van der Waals surface area contributed by atoms with Gasteiger partial charge >= 0.3 is 0 Å². The molecule has 2 aromatic rings. The number of amides is 1. The average molecular weight is 418 g/mol. The van der Waals surface area contributed by atoms with Crippen LogP contribution in [-0.2, 0) is 11.3 Å². The molecule has 0 aromatic heterocycles. The fraction of sp³-hybridized carbons (Fsp3) is 0.318. The number of fused-ring (bicyclic) bond motifs is 1. The number of benzene rings is 2. The van der Waals surface area contributed by atoms with Gasteiger partial charge in [0.2, 0.25) is 12.7 Å². The molecule has 1 heterocycles. The van der Waals surface area contributed by atoms with Crippen LogP contribution in [0.5, 0.6) is 23.0 Å². The van der Waals surface area contributed by atoms with Crippen molar-refractivity contribution >= 4 is 23.6 Å². The zero-order valence-corrected chi connectivity index (χ0v) is 17.5. The van der Waals surface area contributed by atoms with Crippen molar-refractivity contribution in [2.45, 2.75) is 19.9 Å². The van der Waals surface area contributed by atoms with Crippen molar-refractivity contribution < 1.29 is 23.7 Å². The summed E-state index contributed by atoms with van der Waals surface area (Å²) < 4.78 is 21.7. The third-order valence-electron chi connectivity index (χ3n) is 4.35. The van der Waals surface area contributed by atoms with Gasteiger partial charge in [0, 0.05) is 19.7 Å². The van der Waals surface area contributed by atoms with Crippen molar-refractivity contribution in [2.24, 2.45) is 0 Å². The van der Waals surface area contributed by atoms with Gasteiger partial charge in [-0.2, -0.15) is 0 Å². The first-order valence-corrected chi connectivity index (χ1v) is 9.71. The van der Waals surface area contributed by atoms with Crippen molar-refractivity contribution in [3.8, 4) is 23.0 Å². The van der Waals surface area contributed by atoms with Gasteiger partial charge in [0.15, 0.2) is 23.0 Å². The van der Waals surface area contributed by atoms with E-state index in [9.17, 15) is 4.79 Å². The molecule has 1 aliphatic rings. The molecule has 0 radical (unpaired) electrons. The molecule has 1 amide bonds. The molecule has 0 aliphatic carbocycles. The summed E-state index contributed by atoms with van der Waals surface area (Å²) >= 11 is 6.32. The minimum absolute atomic E-state index is 0.135. The monoisotopic (exact) mass is 417 g/mol. The second-order valence-corrected chi connectivity index (χ2v) is 7.01. The highest BCUT2D eigenvalue weighted by atomic mass is 35.5. The molecule has 6 nitrogen and oxygen atoms in total. The summed E-state index contributed by atoms with van der Waals surface area (Å²) in [4.78, 5) is 14.1. The molecule has 0 atom stereocenters. The highest BCUT2D eigenvalue weighted by molar-refractivity contribution is 6.32. The number of methoxy groups -OCH3 is 1. The molecule has 29 heavy (non-hydrogen) atoms. The van der Waals surface area contributed by atoms with E-state index in [1.54, 1.807) is 37.3 Å². The van der Waals surface area contributed by atoms with Gasteiger partial charge in [0.1, 0.15) is 0 Å². The Kier molecular flexibility index (Phi) is 6.88. The standard InChI is InChI=1S/C22H24ClNO5/c1-4-9-27-22-17(23)10-15(11-20(22)26-3)6-8-21(25)24(2)13-16-5-7-18-19(12-16)29-14-28-18/h5-8,10-12H,4,9,13-14H2,1-3H3. The Morgan fingerprint density at radius 2 is 2.03 bits per heavy atom. The van der Waals surface area contributed by atoms with Gasteiger partial charge in [-0.05, 0) is 47.9 Å². The van der Waals surface area contributed by atoms with Crippen molar-refractivity contribution in [3.05, 3.63) is 52.6 Å². The van der Waals surface area contributed by atoms with Crippen LogP contribution in [0.2, 0.25) is 5.02 Å². The Hall–Kier alpha value is -2.86. The second kappa shape index (κ2) is 9.56. The van der Waals surface area contributed by atoms with Gasteiger partial charge in [-0.25, -0.2) is 0 Å². The maximum absolute atomic E-state index is 12.5. The topological polar surface area (TPSA) is 57.2 Å². The number of likely N-dealkylation sites (N-methyl/N-ethyl adjacent to an activating group) is 1. The number of hydrogen-bond donors (Lipinski definition) is 0. The van der Waals surface area contributed by atoms with Crippen molar-refractivity contribution in [1.29, 1.82) is 0 Å². The molecule has 3 rings (SSSR count). The zero-order valence-electron chi connectivity index (χ0n) is 16.7. The lowest BCUT2D eigenvalue weighted by molar-refractivity contribution is -0.125. The van der Waals surface area contributed by atoms with E-state index in [-0.39, 0.29) is 12.7 Å². The minimum Gasteiger partial charge on any atom is -0.493 e. The van der Waals surface area contributed by atoms with Crippen LogP contribution in [0.15, 0.2) is 36.4 Å². The largest absolute Gasteiger partial charge is 0.493 e. The van der Waals surface area contributed by atoms with E-state index in [2.05, 4.69) is 0 Å². The Morgan fingerprint density at radius 1 is 1.24 bits per heavy atom. The van der Waals surface area contributed by atoms with Crippen LogP contribution >= 0.6 is 11.6 Å². The number of carbonyl (C=O) groups excluding carboxylic acids is 1. The molecular weight excluding hydrogens is 394 g/mol. The second-order valence-electron chi connectivity index (χ2n) is 6.60. The summed E-state index contributed by atoms with van der Waals surface area (Å²) in [7, 11) is 3.30. The summed E-state index contributed by atoms with van der Waals surface area (Å²) in [5, 5.41) is 0.443. The van der Waals surface area contributed by atoms with E-state index in [1.165, 1.54) is 6.08 Å². The number of hydrogen-bond acceptors (Lipinski definition) is 5. The summed E-state index contributed by atoms with van der Waals surface area (Å²) in [5.74, 6) is 2.33. The van der Waals surface area contributed by atoms with Gasteiger partial charge < -0.3 is 23.8 Å². The Bertz CT molecular complexity index is 912. The van der Waals surface area contributed by atoms with E-state index in [0.29, 0.717) is 35.4 Å². The summed E-state index contributed by atoms with van der Waals surface area (Å²) in [5.41, 5.74) is 1.71. The maximum atomic E-state index is 12.5. The first kappa shape index (κ1) is 20.9. The van der Waals surface area contributed by atoms with Crippen molar-refractivity contribution in [2.75, 3.05) is 27.6 Å². The predicted octanol–water partition coefficient (Wildman–Crippen LogP) is 4.54. The van der Waals surface area contributed by atoms with Crippen LogP contribution in [0.4, 0.5) is 0 Å². The molecule has 154 valence electrons. The Balaban J connectivity index is 1.67. The Labute approximate surface area is 175 Å². The van der Waals surface area contributed by atoms with E-state index >= 15 is 0 Å². The normalized spacial score (nSPS) is 12.3. The fourth-order valence-corrected chi connectivity index (χ4v) is 3.14. The maximum Gasteiger partial charge on any atom is 0.246 e. The summed E-state index contributed by atoms with van der Waals surface area (Å²) in [6.07, 6.45) is 4.08. The molecular formula is C22H24ClNO5. The van der Waals surface area contributed by atoms with E-state index in [4.69, 9.17) is 30.5 Å². The third kappa shape index (κ3) is 5.15. The quantitative estimate of drug-likeness (QED) is 0.590. The number of rotatable bonds is 8. The van der Waals surface area contributed by atoms with Crippen LogP contribution < -0.4 is 18.9 Å². The van der Waals surface area contributed by atoms with Crippen LogP contribution in [-0.4, -0.2) is 38.4 Å². The summed E-state index contributed by atoms with van der Waals surface area (Å²) in [6.45, 7) is 3.25. The fourth-order valence-electron chi connectivity index (χ4n) is 2.87. The summed E-state index contributed by atoms with van der Waals surface area (Å²) in [6, 6.07) is 9.19. The number of carbonyl (C=O) groups is 1. The molecule has 1 aliphatic heterocycles. The van der Waals surface area contributed by atoms with Gasteiger partial charge in [-0.3, -0.25) is 4.79 Å². The lowest BCUT2D eigenvalue weighted by atomic mass is 10.1. The highest BCUT2D eigenvalue weighted by Gasteiger charge is 2.15. The zero-order chi connectivity index (χ0) is 20.8. The molecule has 0 saturated carbocycles. The lowest BCUT2D eigenvalue weighted by Crippen LogP contribution is -2.24. The van der Waals surface area contributed by atoms with Crippen LogP contribution in [0.3, 0.4) is 0 Å². The molecule has 0 N–H and O–H groups in total. The molecule has 2 aromatic carbocycles. The van der Waals surface area contributed by atoms with Crippen LogP contribution in [0.1, 0.15) is 24.5 Å². The average Bonchev–Trinajstić information content (AvgIpc) is 3.18. The van der Waals surface area contributed by atoms with Gasteiger partial charge in [0.05, 0.1) is 18.7 Å². The molecule has 0 spiro atoms. The van der Waals surface area contributed by atoms with Gasteiger partial charge in [-0.1, -0.05) is 24.6 Å². The van der Waals surface area contributed by atoms with E-state index in [0.717, 1.165) is 23.3 Å². The Morgan fingerprint density at radius 3 is 2.79 bits per heavy atom. The SMILES string of the molecule is CCCOc1c(Cl)cc(C=CC(=O)N(C)Cc2ccc3c(c2)OCO3)cc1OC. The molecule has 0 unspecified atom stereocenters. The van der Waals surface area contributed by atoms with Crippen molar-refractivity contribution in [3.63, 3.8) is 0 Å². The molecule has 0 bridgehead atoms. The first-order valence-electron chi connectivity index (χ1n) is 9.34. The molecule has 7 heteroatoms. The van der Waals surface area contributed by atoms with Crippen molar-refractivity contribution in [1.82, 2.24) is 4.90 Å². The highest BCUT2D eigenvalue weighted by Crippen LogP contribution is 2.37. The van der Waals surface area contributed by atoms with Crippen LogP contribution in [0, 0.1) is 0 Å². The van der Waals surface area contributed by atoms with E-state index < -0.39 is 0 Å².